The number of aryl methyl sites for hydroxylation is 2. The van der Waals surface area contributed by atoms with E-state index in [-0.39, 0.29) is 0 Å². The summed E-state index contributed by atoms with van der Waals surface area (Å²) in [5.41, 5.74) is 4.14. The first-order valence-corrected chi connectivity index (χ1v) is 6.39. The van der Waals surface area contributed by atoms with E-state index in [1.807, 2.05) is 25.1 Å². The van der Waals surface area contributed by atoms with Gasteiger partial charge in [0.25, 0.3) is 0 Å². The molecule has 0 bridgehead atoms. The topological polar surface area (TPSA) is 33.1 Å². The van der Waals surface area contributed by atoms with Crippen molar-refractivity contribution < 1.29 is 5.11 Å². The van der Waals surface area contributed by atoms with Gasteiger partial charge in [0, 0.05) is 18.0 Å². The lowest BCUT2D eigenvalue weighted by Crippen LogP contribution is -2.01. The molecule has 1 atom stereocenters. The van der Waals surface area contributed by atoms with Gasteiger partial charge in [0.1, 0.15) is 6.10 Å². The van der Waals surface area contributed by atoms with E-state index >= 15 is 0 Å². The minimum Gasteiger partial charge on any atom is -0.384 e. The Morgan fingerprint density at radius 2 is 1.83 bits per heavy atom. The summed E-state index contributed by atoms with van der Waals surface area (Å²) in [5, 5.41) is 10.3. The zero-order valence-electron chi connectivity index (χ0n) is 10.9. The molecule has 0 fully saturated rings. The van der Waals surface area contributed by atoms with Crippen molar-refractivity contribution >= 4 is 0 Å². The van der Waals surface area contributed by atoms with Gasteiger partial charge >= 0.3 is 0 Å². The number of aromatic nitrogens is 1. The van der Waals surface area contributed by atoms with Crippen molar-refractivity contribution in [1.82, 2.24) is 4.98 Å². The van der Waals surface area contributed by atoms with Gasteiger partial charge in [-0.1, -0.05) is 43.7 Å². The quantitative estimate of drug-likeness (QED) is 0.889. The largest absolute Gasteiger partial charge is 0.384 e. The monoisotopic (exact) mass is 241 g/mol. The van der Waals surface area contributed by atoms with E-state index in [0.717, 1.165) is 29.5 Å². The van der Waals surface area contributed by atoms with Crippen molar-refractivity contribution in [3.63, 3.8) is 0 Å². The van der Waals surface area contributed by atoms with Gasteiger partial charge in [0.2, 0.25) is 0 Å². The smallest absolute Gasteiger partial charge is 0.106 e. The lowest BCUT2D eigenvalue weighted by Gasteiger charge is -2.12. The summed E-state index contributed by atoms with van der Waals surface area (Å²) in [4.78, 5) is 4.12. The van der Waals surface area contributed by atoms with E-state index in [4.69, 9.17) is 0 Å². The van der Waals surface area contributed by atoms with Crippen LogP contribution in [0.1, 0.15) is 41.7 Å². The molecular weight excluding hydrogens is 222 g/mol. The van der Waals surface area contributed by atoms with Crippen LogP contribution in [0.4, 0.5) is 0 Å². The van der Waals surface area contributed by atoms with E-state index in [2.05, 4.69) is 24.0 Å². The second kappa shape index (κ2) is 5.78. The first-order chi connectivity index (χ1) is 8.70. The van der Waals surface area contributed by atoms with Crippen LogP contribution in [0.5, 0.6) is 0 Å². The first kappa shape index (κ1) is 12.8. The summed E-state index contributed by atoms with van der Waals surface area (Å²) in [6.45, 7) is 4.15. The number of hydrogen-bond acceptors (Lipinski definition) is 2. The van der Waals surface area contributed by atoms with Crippen LogP contribution in [-0.2, 0) is 6.42 Å². The Morgan fingerprint density at radius 1 is 1.11 bits per heavy atom. The Hall–Kier alpha value is -1.67. The third-order valence-corrected chi connectivity index (χ3v) is 3.05. The average Bonchev–Trinajstić information content (AvgIpc) is 2.39. The second-order valence-electron chi connectivity index (χ2n) is 4.69. The van der Waals surface area contributed by atoms with E-state index in [0.29, 0.717) is 0 Å². The number of rotatable bonds is 4. The van der Waals surface area contributed by atoms with Crippen LogP contribution >= 0.6 is 0 Å². The van der Waals surface area contributed by atoms with Crippen LogP contribution in [0.15, 0.2) is 42.7 Å². The highest BCUT2D eigenvalue weighted by molar-refractivity contribution is 5.31. The molecule has 2 nitrogen and oxygen atoms in total. The molecule has 2 rings (SSSR count). The molecule has 0 saturated heterocycles. The van der Waals surface area contributed by atoms with Crippen LogP contribution in [0, 0.1) is 6.92 Å². The predicted molar refractivity (Wildman–Crippen MR) is 73.5 cm³/mol. The molecule has 94 valence electrons. The standard InChI is InChI=1S/C16H19NO/c1-3-4-13-5-7-14(8-6-13)16(18)15-9-12(2)10-17-11-15/h5-11,16,18H,3-4H2,1-2H3. The summed E-state index contributed by atoms with van der Waals surface area (Å²) in [6, 6.07) is 10.1. The third-order valence-electron chi connectivity index (χ3n) is 3.05. The normalized spacial score (nSPS) is 12.4. The molecule has 1 aromatic heterocycles. The average molecular weight is 241 g/mol. The SMILES string of the molecule is CCCc1ccc(C(O)c2cncc(C)c2)cc1. The summed E-state index contributed by atoms with van der Waals surface area (Å²) in [6.07, 6.45) is 5.15. The maximum absolute atomic E-state index is 10.3. The van der Waals surface area contributed by atoms with Gasteiger partial charge in [0.05, 0.1) is 0 Å². The van der Waals surface area contributed by atoms with Gasteiger partial charge < -0.3 is 5.11 Å². The van der Waals surface area contributed by atoms with E-state index < -0.39 is 6.10 Å². The van der Waals surface area contributed by atoms with Gasteiger partial charge in [-0.2, -0.15) is 0 Å². The van der Waals surface area contributed by atoms with Gasteiger partial charge in [-0.3, -0.25) is 4.98 Å². The molecule has 0 saturated carbocycles. The molecule has 0 spiro atoms. The van der Waals surface area contributed by atoms with Gasteiger partial charge in [-0.25, -0.2) is 0 Å². The van der Waals surface area contributed by atoms with E-state index in [1.54, 1.807) is 12.4 Å². The summed E-state index contributed by atoms with van der Waals surface area (Å²) in [7, 11) is 0. The molecule has 2 heteroatoms. The van der Waals surface area contributed by atoms with Crippen LogP contribution < -0.4 is 0 Å². The third kappa shape index (κ3) is 2.96. The predicted octanol–water partition coefficient (Wildman–Crippen LogP) is 3.42. The molecule has 1 aromatic carbocycles. The minimum atomic E-state index is -0.590. The van der Waals surface area contributed by atoms with Crippen molar-refractivity contribution in [2.45, 2.75) is 32.8 Å². The number of nitrogens with zero attached hydrogens (tertiary/aromatic N) is 1. The van der Waals surface area contributed by atoms with Crippen LogP contribution in [0.2, 0.25) is 0 Å². The summed E-state index contributed by atoms with van der Waals surface area (Å²) in [5.74, 6) is 0. The molecule has 0 aliphatic carbocycles. The number of benzene rings is 1. The highest BCUT2D eigenvalue weighted by Crippen LogP contribution is 2.22. The van der Waals surface area contributed by atoms with Crippen molar-refractivity contribution in [3.05, 3.63) is 65.0 Å². The van der Waals surface area contributed by atoms with Crippen LogP contribution in [0.3, 0.4) is 0 Å². The van der Waals surface area contributed by atoms with Crippen molar-refractivity contribution in [3.8, 4) is 0 Å². The van der Waals surface area contributed by atoms with Crippen molar-refractivity contribution in [2.24, 2.45) is 0 Å². The Balaban J connectivity index is 2.20. The maximum Gasteiger partial charge on any atom is 0.106 e. The number of aliphatic hydroxyl groups is 1. The fourth-order valence-electron chi connectivity index (χ4n) is 2.08. The minimum absolute atomic E-state index is 0.590. The highest BCUT2D eigenvalue weighted by Gasteiger charge is 2.10. The first-order valence-electron chi connectivity index (χ1n) is 6.39. The number of aliphatic hydroxyl groups excluding tert-OH is 1. The van der Waals surface area contributed by atoms with Gasteiger partial charge in [0.15, 0.2) is 0 Å². The number of pyridine rings is 1. The maximum atomic E-state index is 10.3. The fourth-order valence-corrected chi connectivity index (χ4v) is 2.08. The van der Waals surface area contributed by atoms with Crippen LogP contribution in [-0.4, -0.2) is 10.1 Å². The molecule has 0 radical (unpaired) electrons. The molecule has 0 amide bonds. The fraction of sp³-hybridized carbons (Fsp3) is 0.312. The lowest BCUT2D eigenvalue weighted by atomic mass is 10.00. The molecule has 1 N–H and O–H groups in total. The second-order valence-corrected chi connectivity index (χ2v) is 4.69. The zero-order valence-corrected chi connectivity index (χ0v) is 10.9. The van der Waals surface area contributed by atoms with E-state index in [9.17, 15) is 5.11 Å². The molecule has 0 aliphatic rings. The van der Waals surface area contributed by atoms with Crippen molar-refractivity contribution in [1.29, 1.82) is 0 Å². The lowest BCUT2D eigenvalue weighted by molar-refractivity contribution is 0.220. The Morgan fingerprint density at radius 3 is 2.44 bits per heavy atom. The number of hydrogen-bond donors (Lipinski definition) is 1. The van der Waals surface area contributed by atoms with Gasteiger partial charge in [-0.15, -0.1) is 0 Å². The zero-order chi connectivity index (χ0) is 13.0. The van der Waals surface area contributed by atoms with E-state index in [1.165, 1.54) is 5.56 Å². The van der Waals surface area contributed by atoms with Crippen LogP contribution in [0.25, 0.3) is 0 Å². The molecule has 0 aliphatic heterocycles. The Bertz CT molecular complexity index is 505. The molecule has 1 heterocycles. The summed E-state index contributed by atoms with van der Waals surface area (Å²) >= 11 is 0. The summed E-state index contributed by atoms with van der Waals surface area (Å²) < 4.78 is 0. The molecular formula is C16H19NO. The molecule has 18 heavy (non-hydrogen) atoms. The highest BCUT2D eigenvalue weighted by atomic mass is 16.3. The Labute approximate surface area is 108 Å². The van der Waals surface area contributed by atoms with Crippen molar-refractivity contribution in [2.75, 3.05) is 0 Å². The molecule has 1 unspecified atom stereocenters. The molecule has 2 aromatic rings. The Kier molecular flexibility index (Phi) is 4.11. The van der Waals surface area contributed by atoms with Gasteiger partial charge in [-0.05, 0) is 30.0 Å².